The SMILES string of the molecule is CC1(C)C(O)CC1NC(=O)c1ccc(-n2cccc2)cc1. The number of carbonyl (C=O) groups is 1. The highest BCUT2D eigenvalue weighted by Gasteiger charge is 2.47. The van der Waals surface area contributed by atoms with Crippen molar-refractivity contribution >= 4 is 5.91 Å². The van der Waals surface area contributed by atoms with E-state index >= 15 is 0 Å². The number of hydrogen-bond acceptors (Lipinski definition) is 2. The number of aliphatic hydroxyl groups excluding tert-OH is 1. The highest BCUT2D eigenvalue weighted by molar-refractivity contribution is 5.94. The maximum absolute atomic E-state index is 12.2. The lowest BCUT2D eigenvalue weighted by Crippen LogP contribution is -2.61. The smallest absolute Gasteiger partial charge is 0.251 e. The van der Waals surface area contributed by atoms with Crippen LogP contribution in [0.3, 0.4) is 0 Å². The Kier molecular flexibility index (Phi) is 3.33. The lowest BCUT2D eigenvalue weighted by atomic mass is 9.64. The predicted octanol–water partition coefficient (Wildman–Crippen LogP) is 2.37. The van der Waals surface area contributed by atoms with Gasteiger partial charge in [0.25, 0.3) is 5.91 Å². The van der Waals surface area contributed by atoms with Gasteiger partial charge in [0.1, 0.15) is 0 Å². The molecule has 4 heteroatoms. The largest absolute Gasteiger partial charge is 0.392 e. The van der Waals surface area contributed by atoms with E-state index in [1.54, 1.807) is 0 Å². The van der Waals surface area contributed by atoms with Gasteiger partial charge in [0, 0.05) is 35.1 Å². The lowest BCUT2D eigenvalue weighted by Gasteiger charge is -2.49. The molecule has 21 heavy (non-hydrogen) atoms. The van der Waals surface area contributed by atoms with Crippen LogP contribution < -0.4 is 5.32 Å². The van der Waals surface area contributed by atoms with Gasteiger partial charge < -0.3 is 15.0 Å². The van der Waals surface area contributed by atoms with Crippen molar-refractivity contribution in [3.63, 3.8) is 0 Å². The van der Waals surface area contributed by atoms with Crippen LogP contribution in [0.15, 0.2) is 48.8 Å². The van der Waals surface area contributed by atoms with Crippen molar-refractivity contribution in [3.8, 4) is 5.69 Å². The van der Waals surface area contributed by atoms with Crippen molar-refractivity contribution in [1.29, 1.82) is 0 Å². The molecule has 0 bridgehead atoms. The highest BCUT2D eigenvalue weighted by atomic mass is 16.3. The zero-order chi connectivity index (χ0) is 15.0. The van der Waals surface area contributed by atoms with E-state index in [-0.39, 0.29) is 23.5 Å². The quantitative estimate of drug-likeness (QED) is 0.909. The minimum absolute atomic E-state index is 0.0316. The molecule has 4 nitrogen and oxygen atoms in total. The monoisotopic (exact) mass is 284 g/mol. The van der Waals surface area contributed by atoms with Crippen molar-refractivity contribution in [2.45, 2.75) is 32.4 Å². The molecule has 2 N–H and O–H groups in total. The summed E-state index contributed by atoms with van der Waals surface area (Å²) in [5.41, 5.74) is 1.42. The molecule has 1 heterocycles. The van der Waals surface area contributed by atoms with Gasteiger partial charge in [-0.3, -0.25) is 4.79 Å². The highest BCUT2D eigenvalue weighted by Crippen LogP contribution is 2.40. The minimum atomic E-state index is -0.334. The van der Waals surface area contributed by atoms with E-state index in [1.165, 1.54) is 0 Å². The van der Waals surface area contributed by atoms with Gasteiger partial charge >= 0.3 is 0 Å². The summed E-state index contributed by atoms with van der Waals surface area (Å²) >= 11 is 0. The summed E-state index contributed by atoms with van der Waals surface area (Å²) in [7, 11) is 0. The molecule has 1 aliphatic rings. The van der Waals surface area contributed by atoms with E-state index in [0.29, 0.717) is 12.0 Å². The normalized spacial score (nSPS) is 23.4. The average Bonchev–Trinajstić information content (AvgIpc) is 3.01. The second-order valence-corrected chi connectivity index (χ2v) is 6.24. The Morgan fingerprint density at radius 2 is 1.86 bits per heavy atom. The molecule has 1 aromatic heterocycles. The molecule has 3 rings (SSSR count). The lowest BCUT2D eigenvalue weighted by molar-refractivity contribution is -0.0689. The van der Waals surface area contributed by atoms with E-state index in [9.17, 15) is 9.90 Å². The van der Waals surface area contributed by atoms with Crippen molar-refractivity contribution in [2.24, 2.45) is 5.41 Å². The summed E-state index contributed by atoms with van der Waals surface area (Å²) in [6.45, 7) is 3.95. The molecule has 110 valence electrons. The third-order valence-electron chi connectivity index (χ3n) is 4.55. The van der Waals surface area contributed by atoms with Crippen LogP contribution in [0.25, 0.3) is 5.69 Å². The summed E-state index contributed by atoms with van der Waals surface area (Å²) in [6, 6.07) is 11.5. The standard InChI is InChI=1S/C17H20N2O2/c1-17(2)14(11-15(17)20)18-16(21)12-5-7-13(8-6-12)19-9-3-4-10-19/h3-10,14-15,20H,11H2,1-2H3,(H,18,21). The number of rotatable bonds is 3. The van der Waals surface area contributed by atoms with Gasteiger partial charge in [-0.2, -0.15) is 0 Å². The van der Waals surface area contributed by atoms with Crippen LogP contribution in [-0.4, -0.2) is 27.7 Å². The number of nitrogens with zero attached hydrogens (tertiary/aromatic N) is 1. The predicted molar refractivity (Wildman–Crippen MR) is 81.4 cm³/mol. The summed E-state index contributed by atoms with van der Waals surface area (Å²) in [6.07, 6.45) is 4.22. The van der Waals surface area contributed by atoms with Crippen LogP contribution >= 0.6 is 0 Å². The average molecular weight is 284 g/mol. The Balaban J connectivity index is 1.69. The Labute approximate surface area is 124 Å². The Hall–Kier alpha value is -2.07. The summed E-state index contributed by atoms with van der Waals surface area (Å²) in [4.78, 5) is 12.2. The number of amides is 1. The number of aliphatic hydroxyl groups is 1. The summed E-state index contributed by atoms with van der Waals surface area (Å²) in [5.74, 6) is -0.0842. The molecule has 2 atom stereocenters. The second kappa shape index (κ2) is 5.04. The molecular weight excluding hydrogens is 264 g/mol. The maximum Gasteiger partial charge on any atom is 0.251 e. The summed E-state index contributed by atoms with van der Waals surface area (Å²) < 4.78 is 1.99. The van der Waals surface area contributed by atoms with E-state index in [2.05, 4.69) is 5.32 Å². The van der Waals surface area contributed by atoms with Crippen LogP contribution in [0.2, 0.25) is 0 Å². The number of hydrogen-bond donors (Lipinski definition) is 2. The van der Waals surface area contributed by atoms with Crippen molar-refractivity contribution < 1.29 is 9.90 Å². The Bertz CT molecular complexity index is 629. The first-order valence-corrected chi connectivity index (χ1v) is 7.21. The van der Waals surface area contributed by atoms with Crippen molar-refractivity contribution in [1.82, 2.24) is 9.88 Å². The van der Waals surface area contributed by atoms with Gasteiger partial charge in [-0.1, -0.05) is 13.8 Å². The van der Waals surface area contributed by atoms with Gasteiger partial charge in [-0.25, -0.2) is 0 Å². The minimum Gasteiger partial charge on any atom is -0.392 e. The molecule has 1 aliphatic carbocycles. The van der Waals surface area contributed by atoms with E-state index < -0.39 is 0 Å². The number of carbonyl (C=O) groups excluding carboxylic acids is 1. The fraction of sp³-hybridized carbons (Fsp3) is 0.353. The molecule has 1 aromatic carbocycles. The van der Waals surface area contributed by atoms with Crippen LogP contribution in [0.5, 0.6) is 0 Å². The fourth-order valence-electron chi connectivity index (χ4n) is 2.68. The maximum atomic E-state index is 12.2. The molecule has 1 amide bonds. The molecule has 0 radical (unpaired) electrons. The zero-order valence-corrected chi connectivity index (χ0v) is 12.3. The molecule has 0 aliphatic heterocycles. The number of aromatic nitrogens is 1. The van der Waals surface area contributed by atoms with Crippen LogP contribution in [0.4, 0.5) is 0 Å². The van der Waals surface area contributed by atoms with Crippen molar-refractivity contribution in [2.75, 3.05) is 0 Å². The first-order valence-electron chi connectivity index (χ1n) is 7.21. The fourth-order valence-corrected chi connectivity index (χ4v) is 2.68. The van der Waals surface area contributed by atoms with Gasteiger partial charge in [0.15, 0.2) is 0 Å². The summed E-state index contributed by atoms with van der Waals surface area (Å²) in [5, 5.41) is 12.7. The van der Waals surface area contributed by atoms with Gasteiger partial charge in [0.2, 0.25) is 0 Å². The Morgan fingerprint density at radius 3 is 2.38 bits per heavy atom. The van der Waals surface area contributed by atoms with Gasteiger partial charge in [0.05, 0.1) is 6.10 Å². The third kappa shape index (κ3) is 2.47. The molecule has 2 aromatic rings. The third-order valence-corrected chi connectivity index (χ3v) is 4.55. The second-order valence-electron chi connectivity index (χ2n) is 6.24. The molecule has 2 unspecified atom stereocenters. The van der Waals surface area contributed by atoms with E-state index in [4.69, 9.17) is 0 Å². The first-order chi connectivity index (χ1) is 9.98. The van der Waals surface area contributed by atoms with Crippen LogP contribution in [0.1, 0.15) is 30.6 Å². The van der Waals surface area contributed by atoms with E-state index in [0.717, 1.165) is 5.69 Å². The van der Waals surface area contributed by atoms with E-state index in [1.807, 2.05) is 67.2 Å². The topological polar surface area (TPSA) is 54.3 Å². The zero-order valence-electron chi connectivity index (χ0n) is 12.3. The first kappa shape index (κ1) is 13.9. The molecular formula is C17H20N2O2. The van der Waals surface area contributed by atoms with Gasteiger partial charge in [-0.15, -0.1) is 0 Å². The molecule has 0 spiro atoms. The number of benzene rings is 1. The molecule has 0 saturated heterocycles. The molecule has 1 saturated carbocycles. The van der Waals surface area contributed by atoms with Crippen LogP contribution in [-0.2, 0) is 0 Å². The van der Waals surface area contributed by atoms with Crippen molar-refractivity contribution in [3.05, 3.63) is 54.4 Å². The Morgan fingerprint density at radius 1 is 1.24 bits per heavy atom. The molecule has 1 fully saturated rings. The van der Waals surface area contributed by atoms with Crippen LogP contribution in [0, 0.1) is 5.41 Å². The van der Waals surface area contributed by atoms with Gasteiger partial charge in [-0.05, 0) is 42.8 Å². The number of nitrogens with one attached hydrogen (secondary N) is 1.